The quantitative estimate of drug-likeness (QED) is 0.173. The van der Waals surface area contributed by atoms with Gasteiger partial charge in [-0.25, -0.2) is 4.98 Å². The van der Waals surface area contributed by atoms with E-state index in [4.69, 9.17) is 9.97 Å². The van der Waals surface area contributed by atoms with Gasteiger partial charge in [-0.1, -0.05) is 178 Å². The van der Waals surface area contributed by atoms with Gasteiger partial charge in [-0.05, 0) is 122 Å². The zero-order valence-electron chi connectivity index (χ0n) is 42.2. The molecule has 0 spiro atoms. The molecule has 0 fully saturated rings. The highest BCUT2D eigenvalue weighted by Crippen LogP contribution is 2.47. The maximum atomic E-state index is 12.7. The van der Waals surface area contributed by atoms with Crippen LogP contribution >= 0.6 is 0 Å². The molecule has 0 radical (unpaired) electrons. The number of fused-ring (bicyclic) bond motifs is 4. The number of phenols is 1. The van der Waals surface area contributed by atoms with Crippen LogP contribution in [0.3, 0.4) is 0 Å². The van der Waals surface area contributed by atoms with E-state index < -0.39 is 0 Å². The molecule has 1 N–H and O–H groups in total. The van der Waals surface area contributed by atoms with Gasteiger partial charge in [0.25, 0.3) is 0 Å². The number of aromatic hydroxyl groups is 1. The first-order valence-electron chi connectivity index (χ1n) is 24.8. The number of nitrogens with zero attached hydrogens (tertiary/aromatic N) is 4. The van der Waals surface area contributed by atoms with Crippen molar-refractivity contribution >= 4 is 32.8 Å². The lowest BCUT2D eigenvalue weighted by Crippen LogP contribution is -2.17. The molecule has 0 saturated carbocycles. The van der Waals surface area contributed by atoms with E-state index >= 15 is 0 Å². The fraction of sp³-hybridized carbons (Fsp3) is 0.182. The second-order valence-corrected chi connectivity index (χ2v) is 22.1. The smallest absolute Gasteiger partial charge is 0.149 e. The number of pyridine rings is 1. The molecule has 71 heavy (non-hydrogen) atoms. The summed E-state index contributed by atoms with van der Waals surface area (Å²) in [6, 6.07) is 67.5. The summed E-state index contributed by atoms with van der Waals surface area (Å²) in [7, 11) is 0. The van der Waals surface area contributed by atoms with E-state index in [1.807, 2.05) is 18.3 Å². The SMILES string of the molecule is CC(C)(C)c1cc(-c2ccccn2)cc(-c2cccc3c2nc(-c2cc(C(C)(C)C)cc(C(C)(C)C)c2O)n3-c2ccc(-c3ccc4c5ccccc5n(-c5ccccc5)c4c3)cc2-c2ccccc2)c1. The highest BCUT2D eigenvalue weighted by Gasteiger charge is 2.30. The lowest BCUT2D eigenvalue weighted by Gasteiger charge is -2.27. The Morgan fingerprint density at radius 2 is 1.04 bits per heavy atom. The minimum absolute atomic E-state index is 0.129. The van der Waals surface area contributed by atoms with Gasteiger partial charge in [0, 0.05) is 44.9 Å². The molecule has 0 amide bonds. The molecule has 0 aliphatic rings. The lowest BCUT2D eigenvalue weighted by molar-refractivity contribution is 0.446. The molecule has 5 heteroatoms. The molecular formula is C66H60N4O. The van der Waals surface area contributed by atoms with Gasteiger partial charge in [0.05, 0.1) is 39.0 Å². The molecule has 11 rings (SSSR count). The largest absolute Gasteiger partial charge is 0.507 e. The third-order valence-corrected chi connectivity index (χ3v) is 14.1. The predicted octanol–water partition coefficient (Wildman–Crippen LogP) is 17.5. The number of imidazole rings is 1. The van der Waals surface area contributed by atoms with Crippen LogP contribution in [-0.4, -0.2) is 24.2 Å². The molecule has 0 aliphatic heterocycles. The number of para-hydroxylation sites is 3. The fourth-order valence-electron chi connectivity index (χ4n) is 10.2. The molecule has 0 atom stereocenters. The maximum Gasteiger partial charge on any atom is 0.149 e. The molecule has 350 valence electrons. The molecule has 8 aromatic carbocycles. The normalized spacial score (nSPS) is 12.4. The van der Waals surface area contributed by atoms with Crippen LogP contribution in [0, 0.1) is 0 Å². The standard InChI is InChI=1S/C66H60N4O/c1-64(2,3)47-36-45(35-46(37-47)56-27-18-19-34-67-56)50-26-20-29-59-61(50)68-63(54-40-48(65(4,5)6)41-55(62(54)71)66(7,8)9)70(59)58-33-31-43(38-53(58)42-21-12-10-13-22-42)44-30-32-52-51-25-16-17-28-57(51)69(60(52)39-44)49-23-14-11-15-24-49/h10-41,71H,1-9H3. The predicted molar refractivity (Wildman–Crippen MR) is 298 cm³/mol. The van der Waals surface area contributed by atoms with Crippen molar-refractivity contribution in [2.75, 3.05) is 0 Å². The van der Waals surface area contributed by atoms with Crippen molar-refractivity contribution in [1.82, 2.24) is 19.1 Å². The number of phenolic OH excluding ortho intramolecular Hbond substituents is 1. The van der Waals surface area contributed by atoms with Gasteiger partial charge < -0.3 is 9.67 Å². The van der Waals surface area contributed by atoms with Crippen LogP contribution < -0.4 is 0 Å². The Morgan fingerprint density at radius 3 is 1.76 bits per heavy atom. The Kier molecular flexibility index (Phi) is 11.0. The summed E-state index contributed by atoms with van der Waals surface area (Å²) < 4.78 is 4.67. The summed E-state index contributed by atoms with van der Waals surface area (Å²) in [6.07, 6.45) is 1.86. The summed E-state index contributed by atoms with van der Waals surface area (Å²) >= 11 is 0. The Labute approximate surface area is 417 Å². The molecule has 0 unspecified atom stereocenters. The van der Waals surface area contributed by atoms with E-state index in [0.717, 1.165) is 83.7 Å². The van der Waals surface area contributed by atoms with Gasteiger partial charge in [0.2, 0.25) is 0 Å². The van der Waals surface area contributed by atoms with Crippen LogP contribution in [0.2, 0.25) is 0 Å². The van der Waals surface area contributed by atoms with Gasteiger partial charge in [0.15, 0.2) is 0 Å². The molecule has 11 aromatic rings. The lowest BCUT2D eigenvalue weighted by atomic mass is 9.79. The van der Waals surface area contributed by atoms with Crippen molar-refractivity contribution in [3.05, 3.63) is 211 Å². The number of hydrogen-bond acceptors (Lipinski definition) is 3. The van der Waals surface area contributed by atoms with E-state index in [0.29, 0.717) is 11.4 Å². The van der Waals surface area contributed by atoms with Crippen molar-refractivity contribution in [3.63, 3.8) is 0 Å². The van der Waals surface area contributed by atoms with Crippen LogP contribution in [0.4, 0.5) is 0 Å². The number of aromatic nitrogens is 4. The minimum atomic E-state index is -0.346. The van der Waals surface area contributed by atoms with Gasteiger partial charge in [0.1, 0.15) is 11.6 Å². The number of rotatable bonds is 7. The second-order valence-electron chi connectivity index (χ2n) is 22.1. The van der Waals surface area contributed by atoms with Crippen LogP contribution in [0.5, 0.6) is 5.75 Å². The van der Waals surface area contributed by atoms with Crippen molar-refractivity contribution in [2.45, 2.75) is 78.6 Å². The summed E-state index contributed by atoms with van der Waals surface area (Å²) in [5.74, 6) is 0.924. The van der Waals surface area contributed by atoms with Crippen LogP contribution in [-0.2, 0) is 16.2 Å². The molecule has 3 aromatic heterocycles. The minimum Gasteiger partial charge on any atom is -0.507 e. The van der Waals surface area contributed by atoms with E-state index in [9.17, 15) is 5.11 Å². The van der Waals surface area contributed by atoms with Gasteiger partial charge in [-0.3, -0.25) is 9.55 Å². The Balaban J connectivity index is 1.20. The van der Waals surface area contributed by atoms with Gasteiger partial charge in [-0.2, -0.15) is 0 Å². The van der Waals surface area contributed by atoms with E-state index in [1.165, 1.54) is 21.9 Å². The average Bonchev–Trinajstić information content (AvgIpc) is 3.92. The summed E-state index contributed by atoms with van der Waals surface area (Å²) in [5, 5.41) is 15.1. The van der Waals surface area contributed by atoms with Gasteiger partial charge in [-0.15, -0.1) is 0 Å². The summed E-state index contributed by atoms with van der Waals surface area (Å²) in [6.45, 7) is 20.0. The first-order valence-corrected chi connectivity index (χ1v) is 24.8. The molecule has 5 nitrogen and oxygen atoms in total. The van der Waals surface area contributed by atoms with Gasteiger partial charge >= 0.3 is 0 Å². The maximum absolute atomic E-state index is 12.7. The summed E-state index contributed by atoms with van der Waals surface area (Å²) in [4.78, 5) is 10.5. The first-order chi connectivity index (χ1) is 34.0. The highest BCUT2D eigenvalue weighted by atomic mass is 16.3. The number of benzene rings is 8. The second kappa shape index (κ2) is 17.1. The first kappa shape index (κ1) is 45.4. The third kappa shape index (κ3) is 8.19. The van der Waals surface area contributed by atoms with Crippen molar-refractivity contribution in [2.24, 2.45) is 0 Å². The van der Waals surface area contributed by atoms with Crippen LogP contribution in [0.15, 0.2) is 194 Å². The fourth-order valence-corrected chi connectivity index (χ4v) is 10.2. The Hall–Kier alpha value is -8.02. The van der Waals surface area contributed by atoms with Crippen LogP contribution in [0.25, 0.3) is 100 Å². The third-order valence-electron chi connectivity index (χ3n) is 14.1. The molecule has 0 aliphatic carbocycles. The van der Waals surface area contributed by atoms with E-state index in [2.05, 4.69) is 247 Å². The zero-order chi connectivity index (χ0) is 49.4. The monoisotopic (exact) mass is 924 g/mol. The highest BCUT2D eigenvalue weighted by molar-refractivity contribution is 6.10. The number of hydrogen-bond donors (Lipinski definition) is 1. The topological polar surface area (TPSA) is 55.9 Å². The van der Waals surface area contributed by atoms with Crippen molar-refractivity contribution < 1.29 is 5.11 Å². The Morgan fingerprint density at radius 1 is 0.408 bits per heavy atom. The van der Waals surface area contributed by atoms with Crippen molar-refractivity contribution in [1.29, 1.82) is 0 Å². The van der Waals surface area contributed by atoms with Crippen LogP contribution in [0.1, 0.15) is 79.0 Å². The van der Waals surface area contributed by atoms with Crippen molar-refractivity contribution in [3.8, 4) is 73.2 Å². The Bertz CT molecular complexity index is 3800. The molecule has 0 saturated heterocycles. The van der Waals surface area contributed by atoms with E-state index in [1.54, 1.807) is 0 Å². The van der Waals surface area contributed by atoms with E-state index in [-0.39, 0.29) is 22.0 Å². The zero-order valence-corrected chi connectivity index (χ0v) is 42.2. The average molecular weight is 925 g/mol. The molecule has 3 heterocycles. The summed E-state index contributed by atoms with van der Waals surface area (Å²) in [5.41, 5.74) is 17.8. The molecule has 0 bridgehead atoms. The molecular weight excluding hydrogens is 865 g/mol.